The number of fused-ring (bicyclic) bond motifs is 1. The normalized spacial score (nSPS) is 18.4. The van der Waals surface area contributed by atoms with E-state index < -0.39 is 0 Å². The summed E-state index contributed by atoms with van der Waals surface area (Å²) in [5.41, 5.74) is 13.4. The lowest BCUT2D eigenvalue weighted by Crippen LogP contribution is -2.36. The topological polar surface area (TPSA) is 81.6 Å². The van der Waals surface area contributed by atoms with E-state index in [-0.39, 0.29) is 24.6 Å². The highest BCUT2D eigenvalue weighted by atomic mass is 16.5. The fraction of sp³-hybridized carbons (Fsp3) is 0.417. The molecule has 0 fully saturated rings. The van der Waals surface area contributed by atoms with E-state index in [1.165, 1.54) is 0 Å². The Morgan fingerprint density at radius 3 is 2.76 bits per heavy atom. The van der Waals surface area contributed by atoms with E-state index in [4.69, 9.17) is 16.2 Å². The number of carbonyl (C=O) groups excluding carboxylic acids is 1. The van der Waals surface area contributed by atoms with Crippen LogP contribution in [0.15, 0.2) is 18.2 Å². The predicted molar refractivity (Wildman–Crippen MR) is 65.9 cm³/mol. The van der Waals surface area contributed by atoms with Gasteiger partial charge in [-0.15, -0.1) is 0 Å². The number of benzene rings is 1. The highest BCUT2D eigenvalue weighted by molar-refractivity contribution is 5.97. The lowest BCUT2D eigenvalue weighted by molar-refractivity contribution is -0.120. The smallest absolute Gasteiger partial charge is 0.264 e. The number of hydrogen-bond acceptors (Lipinski definition) is 4. The number of ether oxygens (including phenoxy) is 1. The molecule has 1 aromatic carbocycles. The van der Waals surface area contributed by atoms with Crippen LogP contribution >= 0.6 is 0 Å². The van der Waals surface area contributed by atoms with Crippen LogP contribution in [0.2, 0.25) is 0 Å². The molecule has 1 aliphatic heterocycles. The second-order valence-electron chi connectivity index (χ2n) is 4.35. The SMILES string of the molecule is CC(N)C(N)c1ccc2c(c1)N(C)C(=O)CO2. The number of anilines is 1. The molecule has 0 saturated heterocycles. The first-order valence-corrected chi connectivity index (χ1v) is 5.55. The molecule has 5 nitrogen and oxygen atoms in total. The van der Waals surface area contributed by atoms with Crippen LogP contribution in [0.25, 0.3) is 0 Å². The third-order valence-corrected chi connectivity index (χ3v) is 3.02. The Balaban J connectivity index is 2.39. The molecule has 17 heavy (non-hydrogen) atoms. The van der Waals surface area contributed by atoms with Crippen LogP contribution in [-0.2, 0) is 4.79 Å². The lowest BCUT2D eigenvalue weighted by Gasteiger charge is -2.27. The fourth-order valence-electron chi connectivity index (χ4n) is 1.80. The number of nitrogens with two attached hydrogens (primary N) is 2. The summed E-state index contributed by atoms with van der Waals surface area (Å²) in [4.78, 5) is 13.1. The van der Waals surface area contributed by atoms with Crippen molar-refractivity contribution in [1.82, 2.24) is 0 Å². The molecule has 0 spiro atoms. The van der Waals surface area contributed by atoms with Gasteiger partial charge in [0, 0.05) is 19.1 Å². The quantitative estimate of drug-likeness (QED) is 0.777. The van der Waals surface area contributed by atoms with Gasteiger partial charge in [0.05, 0.1) is 5.69 Å². The molecule has 2 rings (SSSR count). The molecule has 5 heteroatoms. The average molecular weight is 235 g/mol. The van der Waals surface area contributed by atoms with E-state index in [1.807, 2.05) is 25.1 Å². The maximum Gasteiger partial charge on any atom is 0.264 e. The highest BCUT2D eigenvalue weighted by Crippen LogP contribution is 2.33. The van der Waals surface area contributed by atoms with Crippen LogP contribution in [0.4, 0.5) is 5.69 Å². The zero-order valence-electron chi connectivity index (χ0n) is 10.0. The van der Waals surface area contributed by atoms with Crippen LogP contribution in [0, 0.1) is 0 Å². The molecular formula is C12H17N3O2. The summed E-state index contributed by atoms with van der Waals surface area (Å²) < 4.78 is 5.34. The van der Waals surface area contributed by atoms with Crippen molar-refractivity contribution in [3.63, 3.8) is 0 Å². The summed E-state index contributed by atoms with van der Waals surface area (Å²) in [5.74, 6) is 0.636. The van der Waals surface area contributed by atoms with E-state index >= 15 is 0 Å². The van der Waals surface area contributed by atoms with Crippen molar-refractivity contribution in [3.8, 4) is 5.75 Å². The number of likely N-dealkylation sites (N-methyl/N-ethyl adjacent to an activating group) is 1. The van der Waals surface area contributed by atoms with Crippen molar-refractivity contribution >= 4 is 11.6 Å². The summed E-state index contributed by atoms with van der Waals surface area (Å²) in [6.45, 7) is 1.94. The lowest BCUT2D eigenvalue weighted by atomic mass is 10.0. The molecule has 1 aromatic rings. The van der Waals surface area contributed by atoms with Gasteiger partial charge in [-0.05, 0) is 24.6 Å². The number of rotatable bonds is 2. The van der Waals surface area contributed by atoms with Gasteiger partial charge in [0.15, 0.2) is 6.61 Å². The Labute approximate surface area is 100 Å². The third-order valence-electron chi connectivity index (χ3n) is 3.02. The number of nitrogens with zero attached hydrogens (tertiary/aromatic N) is 1. The number of hydrogen-bond donors (Lipinski definition) is 2. The second kappa shape index (κ2) is 4.35. The molecule has 0 bridgehead atoms. The molecule has 0 saturated carbocycles. The van der Waals surface area contributed by atoms with E-state index in [0.717, 1.165) is 11.3 Å². The van der Waals surface area contributed by atoms with Crippen molar-refractivity contribution in [3.05, 3.63) is 23.8 Å². The molecule has 1 aliphatic rings. The fourth-order valence-corrected chi connectivity index (χ4v) is 1.80. The van der Waals surface area contributed by atoms with Gasteiger partial charge in [0.2, 0.25) is 0 Å². The first-order chi connectivity index (χ1) is 8.00. The van der Waals surface area contributed by atoms with Gasteiger partial charge in [0.25, 0.3) is 5.91 Å². The zero-order valence-corrected chi connectivity index (χ0v) is 10.0. The van der Waals surface area contributed by atoms with Crippen molar-refractivity contribution in [2.24, 2.45) is 11.5 Å². The summed E-state index contributed by atoms with van der Waals surface area (Å²) in [5, 5.41) is 0. The first-order valence-electron chi connectivity index (χ1n) is 5.55. The average Bonchev–Trinajstić information content (AvgIpc) is 2.32. The van der Waals surface area contributed by atoms with Crippen LogP contribution in [0.3, 0.4) is 0 Å². The van der Waals surface area contributed by atoms with Crippen LogP contribution < -0.4 is 21.1 Å². The monoisotopic (exact) mass is 235 g/mol. The molecule has 1 amide bonds. The zero-order chi connectivity index (χ0) is 12.6. The third kappa shape index (κ3) is 2.11. The summed E-state index contributed by atoms with van der Waals surface area (Å²) in [7, 11) is 1.73. The van der Waals surface area contributed by atoms with Gasteiger partial charge in [-0.25, -0.2) is 0 Å². The van der Waals surface area contributed by atoms with Crippen molar-refractivity contribution in [1.29, 1.82) is 0 Å². The predicted octanol–water partition coefficient (Wildman–Crippen LogP) is 0.389. The minimum absolute atomic E-state index is 0.0657. The van der Waals surface area contributed by atoms with Gasteiger partial charge < -0.3 is 21.1 Å². The molecule has 2 unspecified atom stereocenters. The van der Waals surface area contributed by atoms with Crippen LogP contribution in [0.5, 0.6) is 5.75 Å². The largest absolute Gasteiger partial charge is 0.482 e. The molecule has 0 radical (unpaired) electrons. The Bertz CT molecular complexity index is 445. The number of carbonyl (C=O) groups is 1. The standard InChI is InChI=1S/C12H17N3O2/c1-7(13)12(14)8-3-4-10-9(5-8)15(2)11(16)6-17-10/h3-5,7,12H,6,13-14H2,1-2H3. The first kappa shape index (κ1) is 11.9. The number of amides is 1. The maximum atomic E-state index is 11.5. The van der Waals surface area contributed by atoms with E-state index in [0.29, 0.717) is 5.75 Å². The van der Waals surface area contributed by atoms with Crippen molar-refractivity contribution in [2.45, 2.75) is 19.0 Å². The Morgan fingerprint density at radius 1 is 1.41 bits per heavy atom. The van der Waals surface area contributed by atoms with E-state index in [9.17, 15) is 4.79 Å². The van der Waals surface area contributed by atoms with Crippen molar-refractivity contribution < 1.29 is 9.53 Å². The second-order valence-corrected chi connectivity index (χ2v) is 4.35. The van der Waals surface area contributed by atoms with E-state index in [1.54, 1.807) is 11.9 Å². The molecule has 0 aromatic heterocycles. The highest BCUT2D eigenvalue weighted by Gasteiger charge is 2.23. The van der Waals surface area contributed by atoms with Crippen LogP contribution in [0.1, 0.15) is 18.5 Å². The summed E-state index contributed by atoms with van der Waals surface area (Å²) in [6, 6.07) is 5.19. The summed E-state index contributed by atoms with van der Waals surface area (Å²) in [6.07, 6.45) is 0. The maximum absolute atomic E-state index is 11.5. The van der Waals surface area contributed by atoms with Gasteiger partial charge >= 0.3 is 0 Å². The van der Waals surface area contributed by atoms with Gasteiger partial charge in [-0.3, -0.25) is 4.79 Å². The van der Waals surface area contributed by atoms with Crippen LogP contribution in [-0.4, -0.2) is 25.6 Å². The van der Waals surface area contributed by atoms with Crippen molar-refractivity contribution in [2.75, 3.05) is 18.6 Å². The molecule has 1 heterocycles. The minimum Gasteiger partial charge on any atom is -0.482 e. The van der Waals surface area contributed by atoms with Gasteiger partial charge in [-0.2, -0.15) is 0 Å². The molecule has 4 N–H and O–H groups in total. The molecule has 2 atom stereocenters. The molecule has 92 valence electrons. The van der Waals surface area contributed by atoms with Gasteiger partial charge in [-0.1, -0.05) is 6.07 Å². The summed E-state index contributed by atoms with van der Waals surface area (Å²) >= 11 is 0. The minimum atomic E-state index is -0.245. The Kier molecular flexibility index (Phi) is 3.04. The van der Waals surface area contributed by atoms with E-state index in [2.05, 4.69) is 0 Å². The molecule has 0 aliphatic carbocycles. The Morgan fingerprint density at radius 2 is 2.12 bits per heavy atom. The Hall–Kier alpha value is -1.59. The van der Waals surface area contributed by atoms with Gasteiger partial charge in [0.1, 0.15) is 5.75 Å². The molecular weight excluding hydrogens is 218 g/mol.